The van der Waals surface area contributed by atoms with Crippen LogP contribution in [-0.4, -0.2) is 53.8 Å². The molecule has 224 valence electrons. The third kappa shape index (κ3) is 7.17. The second kappa shape index (κ2) is 11.2. The second-order valence-electron chi connectivity index (χ2n) is 9.14. The first kappa shape index (κ1) is 30.7. The largest absolute Gasteiger partial charge is 0.508 e. The number of H-pyrrole nitrogens is 1. The number of nitrogens with zero attached hydrogens (tertiary/aromatic N) is 3. The lowest BCUT2D eigenvalue weighted by molar-refractivity contribution is -0.231. The van der Waals surface area contributed by atoms with Gasteiger partial charge in [-0.05, 0) is 48.4 Å². The highest BCUT2D eigenvalue weighted by atomic mass is 31.2. The first-order chi connectivity index (χ1) is 18.9. The lowest BCUT2D eigenvalue weighted by atomic mass is 10.0. The minimum atomic E-state index is -5.06. The highest BCUT2D eigenvalue weighted by Gasteiger charge is 2.39. The topological polar surface area (TPSA) is 150 Å². The van der Waals surface area contributed by atoms with Gasteiger partial charge in [-0.1, -0.05) is 12.1 Å². The average molecular weight is 612 g/mol. The van der Waals surface area contributed by atoms with Gasteiger partial charge in [-0.2, -0.15) is 26.3 Å². The summed E-state index contributed by atoms with van der Waals surface area (Å²) < 4.78 is 103. The Balaban J connectivity index is 1.68. The molecule has 18 heteroatoms. The van der Waals surface area contributed by atoms with Gasteiger partial charge in [0, 0.05) is 6.54 Å². The summed E-state index contributed by atoms with van der Waals surface area (Å²) in [7, 11) is -5.06. The molecule has 4 N–H and O–H groups in total. The van der Waals surface area contributed by atoms with E-state index in [1.54, 1.807) is 4.90 Å². The van der Waals surface area contributed by atoms with Gasteiger partial charge in [0.25, 0.3) is 0 Å². The van der Waals surface area contributed by atoms with Gasteiger partial charge in [0.1, 0.15) is 11.6 Å². The fourth-order valence-electron chi connectivity index (χ4n) is 4.31. The summed E-state index contributed by atoms with van der Waals surface area (Å²) in [4.78, 5) is 34.4. The van der Waals surface area contributed by atoms with E-state index in [9.17, 15) is 50.6 Å². The number of ether oxygens (including phenoxy) is 2. The number of phenols is 1. The summed E-state index contributed by atoms with van der Waals surface area (Å²) in [6.07, 6.45) is -12.7. The van der Waals surface area contributed by atoms with Gasteiger partial charge < -0.3 is 24.4 Å². The molecule has 1 fully saturated rings. The maximum atomic E-state index is 13.4. The molecule has 1 aliphatic rings. The third-order valence-corrected chi connectivity index (χ3v) is 6.98. The number of phenolic OH excluding ortho intramolecular Hbond substituents is 1. The number of nitrogens with one attached hydrogen (secondary N) is 1. The number of alkyl halides is 6. The Kier molecular flexibility index (Phi) is 8.42. The van der Waals surface area contributed by atoms with E-state index in [-0.39, 0.29) is 41.8 Å². The van der Waals surface area contributed by atoms with Crippen LogP contribution >= 0.6 is 7.75 Å². The van der Waals surface area contributed by atoms with Gasteiger partial charge >= 0.3 is 25.8 Å². The quantitative estimate of drug-likeness (QED) is 0.230. The highest BCUT2D eigenvalue weighted by molar-refractivity contribution is 7.49. The molecular formula is C23H23F6N4O7P. The zero-order valence-electron chi connectivity index (χ0n) is 20.9. The maximum Gasteiger partial charge on any atom is 0.454 e. The van der Waals surface area contributed by atoms with Crippen LogP contribution in [-0.2, 0) is 32.9 Å². The van der Waals surface area contributed by atoms with Crippen molar-refractivity contribution < 1.29 is 55.3 Å². The molecule has 1 aliphatic heterocycles. The molecule has 1 saturated heterocycles. The Hall–Kier alpha value is -3.21. The Morgan fingerprint density at radius 1 is 1.10 bits per heavy atom. The molecule has 0 aliphatic carbocycles. The molecule has 0 saturated carbocycles. The van der Waals surface area contributed by atoms with Crippen LogP contribution in [0.25, 0.3) is 0 Å². The number of aromatic nitrogens is 3. The van der Waals surface area contributed by atoms with E-state index in [1.807, 2.05) is 0 Å². The number of benzene rings is 2. The summed E-state index contributed by atoms with van der Waals surface area (Å²) in [6, 6.07) is 5.81. The predicted octanol–water partition coefficient (Wildman–Crippen LogP) is 3.93. The molecule has 41 heavy (non-hydrogen) atoms. The average Bonchev–Trinajstić information content (AvgIpc) is 3.24. The van der Waals surface area contributed by atoms with E-state index >= 15 is 0 Å². The van der Waals surface area contributed by atoms with Gasteiger partial charge in [-0.25, -0.2) is 9.36 Å². The molecule has 4 rings (SSSR count). The third-order valence-electron chi connectivity index (χ3n) is 6.21. The van der Waals surface area contributed by atoms with E-state index in [0.29, 0.717) is 17.7 Å². The first-order valence-electron chi connectivity index (χ1n) is 11.8. The molecule has 3 aromatic rings. The van der Waals surface area contributed by atoms with E-state index in [2.05, 4.69) is 10.1 Å². The van der Waals surface area contributed by atoms with Crippen molar-refractivity contribution in [3.63, 3.8) is 0 Å². The molecule has 11 nitrogen and oxygen atoms in total. The Bertz CT molecular complexity index is 1450. The van der Waals surface area contributed by atoms with Crippen molar-refractivity contribution in [2.75, 3.05) is 13.2 Å². The minimum Gasteiger partial charge on any atom is -0.508 e. The first-order valence-corrected chi connectivity index (χ1v) is 13.3. The van der Waals surface area contributed by atoms with Crippen LogP contribution < -0.4 is 5.69 Å². The molecule has 0 bridgehead atoms. The number of aromatic amines is 1. The fraction of sp³-hybridized carbons (Fsp3) is 0.391. The molecule has 1 aromatic heterocycles. The molecular weight excluding hydrogens is 589 g/mol. The van der Waals surface area contributed by atoms with Crippen LogP contribution in [0.2, 0.25) is 0 Å². The van der Waals surface area contributed by atoms with E-state index in [0.717, 1.165) is 0 Å². The van der Waals surface area contributed by atoms with Crippen LogP contribution in [0.5, 0.6) is 5.75 Å². The zero-order chi connectivity index (χ0) is 30.3. The van der Waals surface area contributed by atoms with Crippen LogP contribution in [0.15, 0.2) is 47.3 Å². The van der Waals surface area contributed by atoms with Crippen LogP contribution in [0.1, 0.15) is 47.1 Å². The van der Waals surface area contributed by atoms with Crippen molar-refractivity contribution in [3.8, 4) is 5.75 Å². The molecule has 2 heterocycles. The summed E-state index contributed by atoms with van der Waals surface area (Å²) in [6.45, 7) is 1.15. The van der Waals surface area contributed by atoms with E-state index in [1.165, 1.54) is 31.2 Å². The monoisotopic (exact) mass is 612 g/mol. The second-order valence-corrected chi connectivity index (χ2v) is 10.5. The van der Waals surface area contributed by atoms with Gasteiger partial charge in [-0.3, -0.25) is 9.88 Å². The molecule has 2 aromatic carbocycles. The number of hydrogen-bond acceptors (Lipinski definition) is 7. The normalized spacial score (nSPS) is 19.8. The van der Waals surface area contributed by atoms with Crippen molar-refractivity contribution in [3.05, 3.63) is 81.0 Å². The lowest BCUT2D eigenvalue weighted by Crippen LogP contribution is -2.46. The van der Waals surface area contributed by atoms with Crippen molar-refractivity contribution in [1.82, 2.24) is 19.4 Å². The number of aromatic hydroxyl groups is 1. The van der Waals surface area contributed by atoms with Crippen LogP contribution in [0, 0.1) is 0 Å². The molecule has 0 amide bonds. The fourth-order valence-corrected chi connectivity index (χ4v) is 4.82. The Morgan fingerprint density at radius 2 is 1.68 bits per heavy atom. The van der Waals surface area contributed by atoms with Gasteiger partial charge in [-0.15, -0.1) is 9.55 Å². The molecule has 0 unspecified atom stereocenters. The maximum absolute atomic E-state index is 13.4. The van der Waals surface area contributed by atoms with Crippen LogP contribution in [0.3, 0.4) is 0 Å². The number of hydrogen-bond donors (Lipinski definition) is 4. The van der Waals surface area contributed by atoms with E-state index in [4.69, 9.17) is 9.47 Å². The summed E-state index contributed by atoms with van der Waals surface area (Å²) in [5, 5.41) is 13.3. The molecule has 0 radical (unpaired) electrons. The van der Waals surface area contributed by atoms with Crippen molar-refractivity contribution in [2.45, 2.75) is 44.3 Å². The summed E-state index contributed by atoms with van der Waals surface area (Å²) in [5.41, 5.74) is -4.17. The van der Waals surface area contributed by atoms with Gasteiger partial charge in [0.2, 0.25) is 0 Å². The van der Waals surface area contributed by atoms with Crippen molar-refractivity contribution in [2.24, 2.45) is 0 Å². The Labute approximate surface area is 227 Å². The highest BCUT2D eigenvalue weighted by Crippen LogP contribution is 2.40. The lowest BCUT2D eigenvalue weighted by Gasteiger charge is -2.41. The summed E-state index contributed by atoms with van der Waals surface area (Å²) in [5.74, 6) is -0.250. The summed E-state index contributed by atoms with van der Waals surface area (Å²) >= 11 is 0. The van der Waals surface area contributed by atoms with E-state index < -0.39 is 60.9 Å². The SMILES string of the molecule is C[C@@H](O[C@H]1OCCN(Cc2nn(P(=O)(O)O)c(=O)[nH]2)[C@H]1c1ccc(O)cc1)c1cc(C(F)(F)F)cc(C(F)(F)F)c1. The van der Waals surface area contributed by atoms with Gasteiger partial charge in [0.15, 0.2) is 6.29 Å². The van der Waals surface area contributed by atoms with Gasteiger partial charge in [0.05, 0.1) is 36.4 Å². The standard InChI is InChI=1S/C23H23F6N4O7P/c1-12(14-8-15(22(24,25)26)10-16(9-14)23(27,28)29)40-20-19(13-2-4-17(34)5-3-13)32(6-7-39-20)11-18-30-21(35)33(31-18)41(36,37)38/h2-5,8-10,12,19-20,34H,6-7,11H2,1H3,(H,30,31,35)(H2,36,37,38)/t12-,19+,20-/m1/s1. The minimum absolute atomic E-state index is 0.00580. The van der Waals surface area contributed by atoms with Crippen molar-refractivity contribution >= 4 is 7.75 Å². The van der Waals surface area contributed by atoms with Crippen LogP contribution in [0.4, 0.5) is 26.3 Å². The van der Waals surface area contributed by atoms with Crippen molar-refractivity contribution in [1.29, 1.82) is 0 Å². The number of halogens is 6. The predicted molar refractivity (Wildman–Crippen MR) is 127 cm³/mol. The number of rotatable bonds is 7. The zero-order valence-corrected chi connectivity index (χ0v) is 21.8. The Morgan fingerprint density at radius 3 is 2.20 bits per heavy atom. The number of morpholine rings is 1. The molecule has 3 atom stereocenters. The molecule has 0 spiro atoms. The smallest absolute Gasteiger partial charge is 0.454 e.